The number of nitrogens with one attached hydrogen (secondary N) is 1. The van der Waals surface area contributed by atoms with Gasteiger partial charge in [0, 0.05) is 17.7 Å². The van der Waals surface area contributed by atoms with Crippen LogP contribution in [0.3, 0.4) is 0 Å². The zero-order valence-electron chi connectivity index (χ0n) is 15.3. The van der Waals surface area contributed by atoms with Crippen LogP contribution in [0.2, 0.25) is 0 Å². The predicted molar refractivity (Wildman–Crippen MR) is 97.3 cm³/mol. The van der Waals surface area contributed by atoms with Gasteiger partial charge in [0.05, 0.1) is 17.5 Å². The molecular formula is C19H22N4O3. The lowest BCUT2D eigenvalue weighted by atomic mass is 10.2. The number of hydrogen-bond donors (Lipinski definition) is 1. The maximum atomic E-state index is 12.4. The van der Waals surface area contributed by atoms with Crippen LogP contribution >= 0.6 is 0 Å². The maximum absolute atomic E-state index is 12.4. The molecule has 1 amide bonds. The third-order valence-corrected chi connectivity index (χ3v) is 4.08. The second kappa shape index (κ2) is 7.43. The molecule has 0 unspecified atom stereocenters. The number of carbonyl (C=O) groups excluding carboxylic acids is 1. The molecule has 136 valence electrons. The SMILES string of the molecule is Cc1noc(C)c1COc1ccc(C(=O)Nc2ccnn2C(C)C)cc1. The number of benzene rings is 1. The summed E-state index contributed by atoms with van der Waals surface area (Å²) >= 11 is 0. The Kier molecular flexibility index (Phi) is 5.06. The molecule has 0 aliphatic heterocycles. The van der Waals surface area contributed by atoms with E-state index in [1.54, 1.807) is 41.2 Å². The minimum Gasteiger partial charge on any atom is -0.489 e. The van der Waals surface area contributed by atoms with Gasteiger partial charge >= 0.3 is 0 Å². The summed E-state index contributed by atoms with van der Waals surface area (Å²) in [7, 11) is 0. The van der Waals surface area contributed by atoms with Crippen LogP contribution in [0, 0.1) is 13.8 Å². The summed E-state index contributed by atoms with van der Waals surface area (Å²) in [6.45, 7) is 8.13. The molecule has 0 aliphatic rings. The van der Waals surface area contributed by atoms with Crippen molar-refractivity contribution in [3.8, 4) is 5.75 Å². The Balaban J connectivity index is 1.63. The van der Waals surface area contributed by atoms with Crippen molar-refractivity contribution >= 4 is 11.7 Å². The Labute approximate surface area is 151 Å². The fourth-order valence-electron chi connectivity index (χ4n) is 2.58. The average molecular weight is 354 g/mol. The van der Waals surface area contributed by atoms with Crippen LogP contribution in [0.1, 0.15) is 47.3 Å². The number of aromatic nitrogens is 3. The van der Waals surface area contributed by atoms with E-state index >= 15 is 0 Å². The minimum absolute atomic E-state index is 0.167. The number of carbonyl (C=O) groups is 1. The highest BCUT2D eigenvalue weighted by Gasteiger charge is 2.12. The lowest BCUT2D eigenvalue weighted by Crippen LogP contribution is -2.16. The van der Waals surface area contributed by atoms with Crippen molar-refractivity contribution in [2.24, 2.45) is 0 Å². The number of ether oxygens (including phenoxy) is 1. The van der Waals surface area contributed by atoms with Gasteiger partial charge in [-0.3, -0.25) is 4.79 Å². The molecule has 2 heterocycles. The predicted octanol–water partition coefficient (Wildman–Crippen LogP) is 3.90. The molecule has 0 saturated carbocycles. The van der Waals surface area contributed by atoms with Crippen LogP contribution < -0.4 is 10.1 Å². The summed E-state index contributed by atoms with van der Waals surface area (Å²) in [4.78, 5) is 12.4. The Hall–Kier alpha value is -3.09. The van der Waals surface area contributed by atoms with Gasteiger partial charge in [-0.05, 0) is 52.0 Å². The Morgan fingerprint density at radius 1 is 1.23 bits per heavy atom. The van der Waals surface area contributed by atoms with Crippen LogP contribution in [0.25, 0.3) is 0 Å². The summed E-state index contributed by atoms with van der Waals surface area (Å²) in [6.07, 6.45) is 1.67. The van der Waals surface area contributed by atoms with Crippen LogP contribution in [0.5, 0.6) is 5.75 Å². The molecule has 0 saturated heterocycles. The molecule has 3 rings (SSSR count). The normalized spacial score (nSPS) is 11.0. The quantitative estimate of drug-likeness (QED) is 0.726. The fourth-order valence-corrected chi connectivity index (χ4v) is 2.58. The highest BCUT2D eigenvalue weighted by Crippen LogP contribution is 2.19. The molecule has 1 aromatic carbocycles. The molecule has 2 aromatic heterocycles. The van der Waals surface area contributed by atoms with Gasteiger partial charge in [-0.25, -0.2) is 4.68 Å². The second-order valence-corrected chi connectivity index (χ2v) is 6.32. The first kappa shape index (κ1) is 17.7. The lowest BCUT2D eigenvalue weighted by Gasteiger charge is -2.12. The maximum Gasteiger partial charge on any atom is 0.256 e. The van der Waals surface area contributed by atoms with E-state index in [1.165, 1.54) is 0 Å². The minimum atomic E-state index is -0.190. The molecule has 7 heteroatoms. The van der Waals surface area contributed by atoms with Gasteiger partial charge in [0.2, 0.25) is 0 Å². The van der Waals surface area contributed by atoms with Gasteiger partial charge in [0.1, 0.15) is 23.9 Å². The third-order valence-electron chi connectivity index (χ3n) is 4.08. The van der Waals surface area contributed by atoms with Crippen molar-refractivity contribution in [3.63, 3.8) is 0 Å². The smallest absolute Gasteiger partial charge is 0.256 e. The molecule has 7 nitrogen and oxygen atoms in total. The van der Waals surface area contributed by atoms with Gasteiger partial charge in [0.25, 0.3) is 5.91 Å². The molecule has 0 radical (unpaired) electrons. The number of anilines is 1. The zero-order valence-corrected chi connectivity index (χ0v) is 15.3. The van der Waals surface area contributed by atoms with Crippen LogP contribution in [-0.4, -0.2) is 20.8 Å². The van der Waals surface area contributed by atoms with E-state index in [2.05, 4.69) is 15.6 Å². The molecule has 0 bridgehead atoms. The number of nitrogens with zero attached hydrogens (tertiary/aromatic N) is 3. The standard InChI is InChI=1S/C19H22N4O3/c1-12(2)23-18(9-10-20-23)21-19(24)15-5-7-16(8-6-15)25-11-17-13(3)22-26-14(17)4/h5-10,12H,11H2,1-4H3,(H,21,24). The summed E-state index contributed by atoms with van der Waals surface area (Å²) in [5.74, 6) is 1.91. The highest BCUT2D eigenvalue weighted by atomic mass is 16.5. The van der Waals surface area contributed by atoms with Crippen LogP contribution in [0.4, 0.5) is 5.82 Å². The second-order valence-electron chi connectivity index (χ2n) is 6.32. The molecule has 0 spiro atoms. The zero-order chi connectivity index (χ0) is 18.7. The first-order chi connectivity index (χ1) is 12.5. The molecule has 0 atom stereocenters. The van der Waals surface area contributed by atoms with Crippen molar-refractivity contribution in [1.29, 1.82) is 0 Å². The van der Waals surface area contributed by atoms with Crippen LogP contribution in [0.15, 0.2) is 41.1 Å². The lowest BCUT2D eigenvalue weighted by molar-refractivity contribution is 0.102. The molecule has 3 aromatic rings. The summed E-state index contributed by atoms with van der Waals surface area (Å²) < 4.78 is 12.6. The van der Waals surface area contributed by atoms with E-state index in [4.69, 9.17) is 9.26 Å². The Bertz CT molecular complexity index is 874. The van der Waals surface area contributed by atoms with Gasteiger partial charge in [-0.2, -0.15) is 5.10 Å². The molecule has 1 N–H and O–H groups in total. The summed E-state index contributed by atoms with van der Waals surface area (Å²) in [6, 6.07) is 8.95. The van der Waals surface area contributed by atoms with Crippen LogP contribution in [-0.2, 0) is 6.61 Å². The monoisotopic (exact) mass is 354 g/mol. The topological polar surface area (TPSA) is 82.2 Å². The number of rotatable bonds is 6. The van der Waals surface area contributed by atoms with Crippen molar-refractivity contribution in [2.45, 2.75) is 40.3 Å². The third kappa shape index (κ3) is 3.77. The number of amides is 1. The molecule has 0 aliphatic carbocycles. The van der Waals surface area contributed by atoms with E-state index in [-0.39, 0.29) is 11.9 Å². The van der Waals surface area contributed by atoms with E-state index in [0.29, 0.717) is 23.7 Å². The van der Waals surface area contributed by atoms with Gasteiger partial charge in [0.15, 0.2) is 0 Å². The van der Waals surface area contributed by atoms with Gasteiger partial charge in [-0.1, -0.05) is 5.16 Å². The average Bonchev–Trinajstić information content (AvgIpc) is 3.20. The largest absolute Gasteiger partial charge is 0.489 e. The number of aryl methyl sites for hydroxylation is 2. The first-order valence-corrected chi connectivity index (χ1v) is 8.45. The van der Waals surface area contributed by atoms with Crippen molar-refractivity contribution < 1.29 is 14.1 Å². The summed E-state index contributed by atoms with van der Waals surface area (Å²) in [5, 5.41) is 11.0. The van der Waals surface area contributed by atoms with Crippen molar-refractivity contribution in [2.75, 3.05) is 5.32 Å². The van der Waals surface area contributed by atoms with Gasteiger partial charge < -0.3 is 14.6 Å². The fraction of sp³-hybridized carbons (Fsp3) is 0.316. The first-order valence-electron chi connectivity index (χ1n) is 8.45. The van der Waals surface area contributed by atoms with E-state index in [1.807, 2.05) is 27.7 Å². The van der Waals surface area contributed by atoms with Crippen molar-refractivity contribution in [1.82, 2.24) is 14.9 Å². The van der Waals surface area contributed by atoms with Gasteiger partial charge in [-0.15, -0.1) is 0 Å². The number of hydrogen-bond acceptors (Lipinski definition) is 5. The molecule has 0 fully saturated rings. The Morgan fingerprint density at radius 3 is 2.58 bits per heavy atom. The van der Waals surface area contributed by atoms with E-state index < -0.39 is 0 Å². The molecule has 26 heavy (non-hydrogen) atoms. The van der Waals surface area contributed by atoms with E-state index in [0.717, 1.165) is 17.0 Å². The van der Waals surface area contributed by atoms with E-state index in [9.17, 15) is 4.79 Å². The molecular weight excluding hydrogens is 332 g/mol. The van der Waals surface area contributed by atoms with Crippen molar-refractivity contribution in [3.05, 3.63) is 59.1 Å². The Morgan fingerprint density at radius 2 is 1.96 bits per heavy atom. The highest BCUT2D eigenvalue weighted by molar-refractivity contribution is 6.03. The summed E-state index contributed by atoms with van der Waals surface area (Å²) in [5.41, 5.74) is 2.31.